The molecule has 1 amide bonds. The van der Waals surface area contributed by atoms with Gasteiger partial charge in [-0.25, -0.2) is 0 Å². The fraction of sp³-hybridized carbons (Fsp3) is 0.611. The van der Waals surface area contributed by atoms with Crippen molar-refractivity contribution in [2.45, 2.75) is 58.2 Å². The van der Waals surface area contributed by atoms with Crippen LogP contribution in [0, 0.1) is 0 Å². The van der Waals surface area contributed by atoms with Crippen molar-refractivity contribution in [2.75, 3.05) is 18.5 Å². The molecule has 3 atom stereocenters. The van der Waals surface area contributed by atoms with Gasteiger partial charge in [0, 0.05) is 12.6 Å². The van der Waals surface area contributed by atoms with Gasteiger partial charge in [-0.1, -0.05) is 0 Å². The number of hydrogen-bond donors (Lipinski definition) is 3. The van der Waals surface area contributed by atoms with Crippen molar-refractivity contribution in [1.82, 2.24) is 0 Å². The van der Waals surface area contributed by atoms with Crippen molar-refractivity contribution in [3.63, 3.8) is 0 Å². The van der Waals surface area contributed by atoms with Gasteiger partial charge >= 0.3 is 0 Å². The van der Waals surface area contributed by atoms with Crippen LogP contribution in [0.4, 0.5) is 5.69 Å². The summed E-state index contributed by atoms with van der Waals surface area (Å²) in [5, 5.41) is 13.0. The van der Waals surface area contributed by atoms with E-state index in [9.17, 15) is 9.90 Å². The van der Waals surface area contributed by atoms with Crippen LogP contribution in [0.3, 0.4) is 0 Å². The monoisotopic (exact) mass is 321 g/mol. The fourth-order valence-electron chi connectivity index (χ4n) is 3.35. The Bertz CT molecular complexity index is 493. The molecule has 0 saturated carbocycles. The predicted octanol–water partition coefficient (Wildman–Crippen LogP) is 1.23. The van der Waals surface area contributed by atoms with Crippen LogP contribution in [-0.2, 0) is 4.79 Å². The lowest BCUT2D eigenvalue weighted by Crippen LogP contribution is -3.20. The molecule has 128 valence electrons. The number of rotatable bonds is 6. The van der Waals surface area contributed by atoms with Gasteiger partial charge in [-0.05, 0) is 57.4 Å². The van der Waals surface area contributed by atoms with Crippen molar-refractivity contribution in [1.29, 1.82) is 0 Å². The van der Waals surface area contributed by atoms with Crippen molar-refractivity contribution < 1.29 is 19.5 Å². The summed E-state index contributed by atoms with van der Waals surface area (Å²) in [4.78, 5) is 12.5. The van der Waals surface area contributed by atoms with Gasteiger partial charge in [0.15, 0.2) is 0 Å². The van der Waals surface area contributed by atoms with Gasteiger partial charge < -0.3 is 20.1 Å². The Morgan fingerprint density at radius 2 is 1.91 bits per heavy atom. The number of benzene rings is 1. The number of amides is 1. The molecule has 0 unspecified atom stereocenters. The van der Waals surface area contributed by atoms with Crippen molar-refractivity contribution in [2.24, 2.45) is 0 Å². The van der Waals surface area contributed by atoms with Crippen LogP contribution < -0.4 is 15.0 Å². The molecule has 0 aromatic heterocycles. The summed E-state index contributed by atoms with van der Waals surface area (Å²) in [5.41, 5.74) is 0.741. The number of ether oxygens (including phenoxy) is 1. The van der Waals surface area contributed by atoms with E-state index in [0.717, 1.165) is 12.2 Å². The third kappa shape index (κ3) is 5.52. The van der Waals surface area contributed by atoms with Gasteiger partial charge in [0.2, 0.25) is 5.91 Å². The number of anilines is 1. The quantitative estimate of drug-likeness (QED) is 0.738. The molecule has 1 aliphatic heterocycles. The molecule has 0 radical (unpaired) electrons. The largest absolute Gasteiger partial charge is 0.491 e. The zero-order valence-corrected chi connectivity index (χ0v) is 14.3. The SMILES string of the molecule is CC(=O)Nc1ccc(OC[C@@H](O)C[NH+]2[C@H](C)CCC[C@H]2C)cc1. The smallest absolute Gasteiger partial charge is 0.221 e. The Morgan fingerprint density at radius 3 is 2.48 bits per heavy atom. The van der Waals surface area contributed by atoms with Gasteiger partial charge in [0.05, 0.1) is 12.1 Å². The second-order valence-electron chi connectivity index (χ2n) is 6.68. The lowest BCUT2D eigenvalue weighted by atomic mass is 9.97. The normalized spacial score (nSPS) is 23.3. The zero-order valence-electron chi connectivity index (χ0n) is 14.3. The summed E-state index contributed by atoms with van der Waals surface area (Å²) in [5.74, 6) is 0.606. The highest BCUT2D eigenvalue weighted by molar-refractivity contribution is 5.88. The van der Waals surface area contributed by atoms with E-state index in [1.807, 2.05) is 0 Å². The average Bonchev–Trinajstić information content (AvgIpc) is 2.50. The second-order valence-corrected chi connectivity index (χ2v) is 6.68. The molecule has 2 rings (SSSR count). The predicted molar refractivity (Wildman–Crippen MR) is 90.9 cm³/mol. The molecule has 0 spiro atoms. The number of nitrogens with one attached hydrogen (secondary N) is 2. The highest BCUT2D eigenvalue weighted by atomic mass is 16.5. The lowest BCUT2D eigenvalue weighted by molar-refractivity contribution is -0.954. The molecule has 1 aliphatic rings. The molecular formula is C18H29N2O3+. The Labute approximate surface area is 138 Å². The van der Waals surface area contributed by atoms with E-state index >= 15 is 0 Å². The number of hydrogen-bond acceptors (Lipinski definition) is 3. The number of quaternary nitrogens is 1. The molecule has 5 heteroatoms. The molecule has 0 aliphatic carbocycles. The van der Waals surface area contributed by atoms with Crippen LogP contribution in [0.15, 0.2) is 24.3 Å². The molecule has 1 aromatic carbocycles. The number of aliphatic hydroxyl groups excluding tert-OH is 1. The van der Waals surface area contributed by atoms with Crippen LogP contribution in [0.2, 0.25) is 0 Å². The highest BCUT2D eigenvalue weighted by Crippen LogP contribution is 2.15. The summed E-state index contributed by atoms with van der Waals surface area (Å²) in [6, 6.07) is 8.40. The Balaban J connectivity index is 1.79. The minimum Gasteiger partial charge on any atom is -0.491 e. The van der Waals surface area contributed by atoms with E-state index in [0.29, 0.717) is 24.4 Å². The van der Waals surface area contributed by atoms with Crippen LogP contribution in [0.5, 0.6) is 5.75 Å². The van der Waals surface area contributed by atoms with E-state index in [4.69, 9.17) is 4.74 Å². The van der Waals surface area contributed by atoms with Crippen LogP contribution in [0.1, 0.15) is 40.0 Å². The maximum atomic E-state index is 11.0. The minimum atomic E-state index is -0.469. The Morgan fingerprint density at radius 1 is 1.30 bits per heavy atom. The van der Waals surface area contributed by atoms with E-state index in [2.05, 4.69) is 19.2 Å². The number of piperidine rings is 1. The second kappa shape index (κ2) is 8.31. The Kier molecular flexibility index (Phi) is 6.42. The Hall–Kier alpha value is -1.59. The summed E-state index contributed by atoms with van der Waals surface area (Å²) in [6.07, 6.45) is 3.29. The molecule has 1 heterocycles. The van der Waals surface area contributed by atoms with Gasteiger partial charge in [-0.3, -0.25) is 4.79 Å². The summed E-state index contributed by atoms with van der Waals surface area (Å²) in [7, 11) is 0. The van der Waals surface area contributed by atoms with E-state index in [1.165, 1.54) is 31.1 Å². The first-order chi connectivity index (χ1) is 11.0. The topological polar surface area (TPSA) is 63.0 Å². The average molecular weight is 321 g/mol. The van der Waals surface area contributed by atoms with Crippen LogP contribution in [-0.4, -0.2) is 42.4 Å². The van der Waals surface area contributed by atoms with Crippen LogP contribution >= 0.6 is 0 Å². The molecule has 1 fully saturated rings. The lowest BCUT2D eigenvalue weighted by Gasteiger charge is -2.36. The van der Waals surface area contributed by atoms with Crippen molar-refractivity contribution in [3.05, 3.63) is 24.3 Å². The number of aliphatic hydroxyl groups is 1. The van der Waals surface area contributed by atoms with Crippen molar-refractivity contribution >= 4 is 11.6 Å². The van der Waals surface area contributed by atoms with Gasteiger partial charge in [0.1, 0.15) is 25.0 Å². The molecule has 5 nitrogen and oxygen atoms in total. The zero-order chi connectivity index (χ0) is 16.8. The molecule has 23 heavy (non-hydrogen) atoms. The first-order valence-electron chi connectivity index (χ1n) is 8.50. The number of likely N-dealkylation sites (tertiary alicyclic amines) is 1. The van der Waals surface area contributed by atoms with E-state index < -0.39 is 6.10 Å². The standard InChI is InChI=1S/C18H28N2O3/c1-13-5-4-6-14(2)20(13)11-17(22)12-23-18-9-7-16(8-10-18)19-15(3)21/h7-10,13-14,17,22H,4-6,11-12H2,1-3H3,(H,19,21)/p+1/t13-,14-,17+/m1/s1. The maximum absolute atomic E-state index is 11.0. The number of carbonyl (C=O) groups is 1. The van der Waals surface area contributed by atoms with Gasteiger partial charge in [-0.2, -0.15) is 0 Å². The van der Waals surface area contributed by atoms with Crippen molar-refractivity contribution in [3.8, 4) is 5.75 Å². The third-order valence-corrected chi connectivity index (χ3v) is 4.63. The summed E-state index contributed by atoms with van der Waals surface area (Å²) < 4.78 is 5.66. The molecular weight excluding hydrogens is 292 g/mol. The number of carbonyl (C=O) groups excluding carboxylic acids is 1. The van der Waals surface area contributed by atoms with Gasteiger partial charge in [-0.15, -0.1) is 0 Å². The summed E-state index contributed by atoms with van der Waals surface area (Å²) in [6.45, 7) is 7.03. The maximum Gasteiger partial charge on any atom is 0.221 e. The van der Waals surface area contributed by atoms with Gasteiger partial charge in [0.25, 0.3) is 0 Å². The first-order valence-corrected chi connectivity index (χ1v) is 8.50. The van der Waals surface area contributed by atoms with E-state index in [1.54, 1.807) is 24.3 Å². The fourth-order valence-corrected chi connectivity index (χ4v) is 3.35. The minimum absolute atomic E-state index is 0.0955. The molecule has 0 bridgehead atoms. The third-order valence-electron chi connectivity index (χ3n) is 4.63. The van der Waals surface area contributed by atoms with E-state index in [-0.39, 0.29) is 5.91 Å². The summed E-state index contributed by atoms with van der Waals surface area (Å²) >= 11 is 0. The molecule has 3 N–H and O–H groups in total. The molecule has 1 aromatic rings. The van der Waals surface area contributed by atoms with Crippen LogP contribution in [0.25, 0.3) is 0 Å². The molecule has 1 saturated heterocycles. The first kappa shape index (κ1) is 17.8. The highest BCUT2D eigenvalue weighted by Gasteiger charge is 2.30.